The number of methoxy groups -OCH3 is 1. The number of amides is 1. The second-order valence-electron chi connectivity index (χ2n) is 4.86. The van der Waals surface area contributed by atoms with Crippen LogP contribution in [0.3, 0.4) is 0 Å². The average Bonchev–Trinajstić information content (AvgIpc) is 2.43. The lowest BCUT2D eigenvalue weighted by molar-refractivity contribution is -0.119. The summed E-state index contributed by atoms with van der Waals surface area (Å²) in [4.78, 5) is 31.0. The Morgan fingerprint density at radius 2 is 2.05 bits per heavy atom. The molecule has 0 radical (unpaired) electrons. The van der Waals surface area contributed by atoms with Gasteiger partial charge in [0.05, 0.1) is 12.8 Å². The van der Waals surface area contributed by atoms with Crippen molar-refractivity contribution in [3.05, 3.63) is 16.5 Å². The largest absolute Gasteiger partial charge is 0.465 e. The van der Waals surface area contributed by atoms with Crippen molar-refractivity contribution in [2.24, 2.45) is 0 Å². The molecular formula is C14H21ClN4O3. The molecule has 0 aliphatic heterocycles. The summed E-state index contributed by atoms with van der Waals surface area (Å²) < 4.78 is 4.77. The number of hydrogen-bond donors (Lipinski definition) is 2. The van der Waals surface area contributed by atoms with Crippen LogP contribution in [0.15, 0.2) is 0 Å². The quantitative estimate of drug-likeness (QED) is 0.587. The number of aryl methyl sites for hydroxylation is 1. The Balaban J connectivity index is 3.06. The van der Waals surface area contributed by atoms with Crippen molar-refractivity contribution in [3.8, 4) is 0 Å². The first-order valence-corrected chi connectivity index (χ1v) is 7.40. The predicted molar refractivity (Wildman–Crippen MR) is 84.1 cm³/mol. The molecule has 0 aromatic carbocycles. The van der Waals surface area contributed by atoms with E-state index in [9.17, 15) is 9.59 Å². The number of hydrogen-bond acceptors (Lipinski definition) is 6. The number of nitrogens with one attached hydrogen (secondary N) is 2. The van der Waals surface area contributed by atoms with Crippen LogP contribution in [0.5, 0.6) is 0 Å². The molecule has 0 saturated carbocycles. The van der Waals surface area contributed by atoms with E-state index in [0.29, 0.717) is 18.1 Å². The highest BCUT2D eigenvalue weighted by molar-refractivity contribution is 6.28. The fourth-order valence-electron chi connectivity index (χ4n) is 2.02. The van der Waals surface area contributed by atoms with Gasteiger partial charge >= 0.3 is 5.97 Å². The van der Waals surface area contributed by atoms with E-state index in [1.807, 2.05) is 6.92 Å². The molecule has 7 nitrogen and oxygen atoms in total. The van der Waals surface area contributed by atoms with Crippen LogP contribution >= 0.6 is 11.6 Å². The zero-order chi connectivity index (χ0) is 16.7. The van der Waals surface area contributed by atoms with Crippen LogP contribution in [0.25, 0.3) is 0 Å². The zero-order valence-electron chi connectivity index (χ0n) is 13.2. The summed E-state index contributed by atoms with van der Waals surface area (Å²) >= 11 is 5.87. The highest BCUT2D eigenvalue weighted by atomic mass is 35.5. The maximum absolute atomic E-state index is 11.9. The number of nitrogens with zero attached hydrogens (tertiary/aromatic N) is 2. The van der Waals surface area contributed by atoms with Crippen LogP contribution in [0.2, 0.25) is 5.28 Å². The van der Waals surface area contributed by atoms with E-state index >= 15 is 0 Å². The number of carbonyl (C=O) groups excluding carboxylic acids is 2. The van der Waals surface area contributed by atoms with Gasteiger partial charge < -0.3 is 15.4 Å². The van der Waals surface area contributed by atoms with Gasteiger partial charge in [0.1, 0.15) is 11.4 Å². The molecule has 2 N–H and O–H groups in total. The van der Waals surface area contributed by atoms with Gasteiger partial charge in [0.25, 0.3) is 0 Å². The molecule has 1 amide bonds. The molecule has 0 saturated heterocycles. The fourth-order valence-corrected chi connectivity index (χ4v) is 2.23. The third kappa shape index (κ3) is 5.14. The number of esters is 1. The normalized spacial score (nSPS) is 11.7. The van der Waals surface area contributed by atoms with Crippen molar-refractivity contribution in [2.75, 3.05) is 19.0 Å². The lowest BCUT2D eigenvalue weighted by Crippen LogP contribution is -2.36. The van der Waals surface area contributed by atoms with E-state index in [0.717, 1.165) is 12.8 Å². The minimum Gasteiger partial charge on any atom is -0.465 e. The van der Waals surface area contributed by atoms with Crippen molar-refractivity contribution in [1.29, 1.82) is 0 Å². The number of aromatic nitrogens is 2. The second-order valence-corrected chi connectivity index (χ2v) is 5.20. The zero-order valence-corrected chi connectivity index (χ0v) is 14.0. The highest BCUT2D eigenvalue weighted by Crippen LogP contribution is 2.21. The molecule has 0 bridgehead atoms. The molecule has 1 aromatic heterocycles. The number of carbonyl (C=O) groups is 2. The number of ether oxygens (including phenoxy) is 1. The summed E-state index contributed by atoms with van der Waals surface area (Å²) in [5.41, 5.74) is 0.681. The Labute approximate surface area is 134 Å². The molecule has 0 aliphatic carbocycles. The maximum atomic E-state index is 11.9. The number of halogens is 1. The first kappa shape index (κ1) is 18.2. The lowest BCUT2D eigenvalue weighted by Gasteiger charge is -2.21. The molecule has 122 valence electrons. The Morgan fingerprint density at radius 3 is 2.59 bits per heavy atom. The molecule has 1 heterocycles. The minimum absolute atomic E-state index is 0.0439. The molecule has 22 heavy (non-hydrogen) atoms. The second kappa shape index (κ2) is 8.53. The summed E-state index contributed by atoms with van der Waals surface area (Å²) in [6.07, 6.45) is 1.70. The topological polar surface area (TPSA) is 93.2 Å². The van der Waals surface area contributed by atoms with Crippen LogP contribution in [0.1, 0.15) is 42.7 Å². The molecule has 1 aromatic rings. The van der Waals surface area contributed by atoms with Crippen molar-refractivity contribution >= 4 is 29.3 Å². The summed E-state index contributed by atoms with van der Waals surface area (Å²) in [5, 5.41) is 5.94. The van der Waals surface area contributed by atoms with Crippen LogP contribution < -0.4 is 10.6 Å². The minimum atomic E-state index is -0.536. The van der Waals surface area contributed by atoms with Gasteiger partial charge in [0.15, 0.2) is 0 Å². The third-order valence-corrected chi connectivity index (χ3v) is 3.20. The van der Waals surface area contributed by atoms with E-state index in [1.54, 1.807) is 6.92 Å². The molecule has 0 aliphatic rings. The van der Waals surface area contributed by atoms with Gasteiger partial charge in [-0.2, -0.15) is 4.98 Å². The van der Waals surface area contributed by atoms with E-state index in [1.165, 1.54) is 14.0 Å². The molecular weight excluding hydrogens is 308 g/mol. The first-order valence-electron chi connectivity index (χ1n) is 7.02. The molecule has 0 fully saturated rings. The van der Waals surface area contributed by atoms with Crippen LogP contribution in [0.4, 0.5) is 5.82 Å². The predicted octanol–water partition coefficient (Wildman–Crippen LogP) is 1.94. The SMILES string of the molecule is CCCC(CNC(C)=O)Nc1nc(Cl)nc(C)c1C(=O)OC. The smallest absolute Gasteiger partial charge is 0.343 e. The average molecular weight is 329 g/mol. The van der Waals surface area contributed by atoms with Gasteiger partial charge in [-0.1, -0.05) is 13.3 Å². The molecule has 1 rings (SSSR count). The van der Waals surface area contributed by atoms with Gasteiger partial charge in [-0.3, -0.25) is 4.79 Å². The standard InChI is InChI=1S/C14H21ClN4O3/c1-5-6-10(7-16-9(3)20)18-12-11(13(21)22-4)8(2)17-14(15)19-12/h10H,5-7H2,1-4H3,(H,16,20)(H,17,18,19). The summed E-state index contributed by atoms with van der Waals surface area (Å²) in [6, 6.07) is -0.0809. The Bertz CT molecular complexity index is 551. The molecule has 0 spiro atoms. The monoisotopic (exact) mass is 328 g/mol. The first-order chi connectivity index (χ1) is 10.4. The van der Waals surface area contributed by atoms with E-state index in [2.05, 4.69) is 20.6 Å². The summed E-state index contributed by atoms with van der Waals surface area (Å²) in [5.74, 6) is -0.340. The van der Waals surface area contributed by atoms with E-state index < -0.39 is 5.97 Å². The summed E-state index contributed by atoms with van der Waals surface area (Å²) in [7, 11) is 1.29. The Hall–Kier alpha value is -1.89. The van der Waals surface area contributed by atoms with Crippen LogP contribution in [-0.2, 0) is 9.53 Å². The van der Waals surface area contributed by atoms with Crippen molar-refractivity contribution in [3.63, 3.8) is 0 Å². The lowest BCUT2D eigenvalue weighted by atomic mass is 10.1. The van der Waals surface area contributed by atoms with E-state index in [-0.39, 0.29) is 22.8 Å². The number of anilines is 1. The maximum Gasteiger partial charge on any atom is 0.343 e. The van der Waals surface area contributed by atoms with Gasteiger partial charge in [0, 0.05) is 19.5 Å². The van der Waals surface area contributed by atoms with Gasteiger partial charge in [0.2, 0.25) is 11.2 Å². The Morgan fingerprint density at radius 1 is 1.36 bits per heavy atom. The van der Waals surface area contributed by atoms with Crippen molar-refractivity contribution < 1.29 is 14.3 Å². The molecule has 8 heteroatoms. The number of rotatable bonds is 7. The van der Waals surface area contributed by atoms with Crippen LogP contribution in [-0.4, -0.2) is 41.5 Å². The third-order valence-electron chi connectivity index (χ3n) is 3.03. The highest BCUT2D eigenvalue weighted by Gasteiger charge is 2.21. The van der Waals surface area contributed by atoms with Gasteiger partial charge in [-0.05, 0) is 24.9 Å². The fraction of sp³-hybridized carbons (Fsp3) is 0.571. The molecule has 1 unspecified atom stereocenters. The van der Waals surface area contributed by atoms with Crippen LogP contribution in [0, 0.1) is 6.92 Å². The Kier molecular flexibility index (Phi) is 7.04. The van der Waals surface area contributed by atoms with E-state index in [4.69, 9.17) is 16.3 Å². The molecule has 1 atom stereocenters. The van der Waals surface area contributed by atoms with Crippen molar-refractivity contribution in [2.45, 2.75) is 39.7 Å². The van der Waals surface area contributed by atoms with Gasteiger partial charge in [-0.15, -0.1) is 0 Å². The van der Waals surface area contributed by atoms with Crippen molar-refractivity contribution in [1.82, 2.24) is 15.3 Å². The van der Waals surface area contributed by atoms with Gasteiger partial charge in [-0.25, -0.2) is 9.78 Å². The summed E-state index contributed by atoms with van der Waals surface area (Å²) in [6.45, 7) is 5.56.